The van der Waals surface area contributed by atoms with Crippen LogP contribution in [0.3, 0.4) is 0 Å². The first kappa shape index (κ1) is 39.0. The van der Waals surface area contributed by atoms with E-state index in [1.165, 1.54) is 24.2 Å². The fourth-order valence-electron chi connectivity index (χ4n) is 9.48. The fraction of sp³-hybridized carbons (Fsp3) is 0.348. The van der Waals surface area contributed by atoms with Crippen LogP contribution >= 0.6 is 11.3 Å². The van der Waals surface area contributed by atoms with Gasteiger partial charge in [-0.05, 0) is 121 Å². The van der Waals surface area contributed by atoms with E-state index in [2.05, 4.69) is 21.2 Å². The molecule has 11 nitrogen and oxygen atoms in total. The largest absolute Gasteiger partial charge is 0.508 e. The highest BCUT2D eigenvalue weighted by atomic mass is 32.1. The monoisotopic (exact) mass is 810 g/mol. The van der Waals surface area contributed by atoms with E-state index >= 15 is 0 Å². The first-order chi connectivity index (χ1) is 28.6. The zero-order valence-electron chi connectivity index (χ0n) is 32.8. The normalized spacial score (nSPS) is 19.1. The van der Waals surface area contributed by atoms with E-state index in [0.29, 0.717) is 47.0 Å². The zero-order chi connectivity index (χ0) is 40.8. The maximum absolute atomic E-state index is 14.1. The van der Waals surface area contributed by atoms with E-state index in [9.17, 15) is 34.3 Å². The number of nitrogens with one attached hydrogen (secondary N) is 1. The third-order valence-electron chi connectivity index (χ3n) is 13.0. The van der Waals surface area contributed by atoms with E-state index in [-0.39, 0.29) is 35.7 Å². The van der Waals surface area contributed by atoms with Crippen molar-refractivity contribution in [3.05, 3.63) is 107 Å². The Balaban J connectivity index is 0.763. The highest BCUT2D eigenvalue weighted by Crippen LogP contribution is 2.41. The number of carbonyl (C=O) groups excluding carboxylic acids is 4. The molecule has 0 aliphatic carbocycles. The van der Waals surface area contributed by atoms with Crippen molar-refractivity contribution in [3.8, 4) is 16.2 Å². The van der Waals surface area contributed by atoms with Crippen LogP contribution in [0.25, 0.3) is 20.5 Å². The number of fused-ring (bicyclic) bond motifs is 2. The van der Waals surface area contributed by atoms with Crippen molar-refractivity contribution in [2.24, 2.45) is 11.8 Å². The first-order valence-electron chi connectivity index (χ1n) is 20.7. The number of hydrogen-bond acceptors (Lipinski definition) is 10. The van der Waals surface area contributed by atoms with Gasteiger partial charge in [-0.1, -0.05) is 37.1 Å². The highest BCUT2D eigenvalue weighted by molar-refractivity contribution is 7.22. The molecule has 0 radical (unpaired) electrons. The lowest BCUT2D eigenvalue weighted by Crippen LogP contribution is -2.52. The Kier molecular flexibility index (Phi) is 10.8. The number of benzene rings is 4. The predicted octanol–water partition coefficient (Wildman–Crippen LogP) is 5.86. The number of ketones is 1. The van der Waals surface area contributed by atoms with Crippen LogP contribution in [-0.2, 0) is 16.1 Å². The van der Waals surface area contributed by atoms with Crippen LogP contribution in [0.15, 0.2) is 84.9 Å². The van der Waals surface area contributed by atoms with E-state index in [1.54, 1.807) is 47.4 Å². The van der Waals surface area contributed by atoms with Gasteiger partial charge in [0.1, 0.15) is 11.8 Å². The van der Waals surface area contributed by atoms with Gasteiger partial charge in [0.05, 0.1) is 0 Å². The third kappa shape index (κ3) is 7.86. The minimum absolute atomic E-state index is 0.0959. The Morgan fingerprint density at radius 2 is 1.41 bits per heavy atom. The molecular formula is C46H47BN4O7S. The molecule has 4 aliphatic rings. The summed E-state index contributed by atoms with van der Waals surface area (Å²) in [5.41, 5.74) is 6.17. The number of phenols is 1. The van der Waals surface area contributed by atoms with Gasteiger partial charge < -0.3 is 29.9 Å². The Morgan fingerprint density at radius 3 is 2.05 bits per heavy atom. The quantitative estimate of drug-likeness (QED) is 0.0774. The molecule has 3 fully saturated rings. The SMILES string of the molecule is O=C1CCC(N2Cc3cc(N4CCC(CCC5CCN(c6ccc(C(=O)c7c(-c8ccc(B(O)O)cc8)sc8cc(O)ccc78)cc6)CC5)CC4)ccc3C2=O)C(=O)N1. The summed E-state index contributed by atoms with van der Waals surface area (Å²) in [4.78, 5) is 58.6. The standard InChI is InChI=1S/C46H47BN4O7S/c52-36-12-14-38-40(26-36)59-44(31-3-7-33(8-4-31)47(57)58)42(38)43(54)30-5-9-34(10-6-30)49-21-17-28(18-22-49)1-2-29-19-23-50(24-20-29)35-11-13-37-32(25-35)27-51(46(37)56)39-15-16-41(53)48-45(39)55/h3-14,25-26,28-29,39,52,57-58H,1-2,15-24,27H2,(H,48,53,55). The second kappa shape index (κ2) is 16.3. The molecule has 4 N–H and O–H groups in total. The topological polar surface area (TPSA) is 151 Å². The molecule has 5 heterocycles. The van der Waals surface area contributed by atoms with Crippen molar-refractivity contribution in [2.75, 3.05) is 36.0 Å². The van der Waals surface area contributed by atoms with Gasteiger partial charge in [-0.15, -0.1) is 11.3 Å². The molecule has 4 aromatic carbocycles. The van der Waals surface area contributed by atoms with E-state index in [1.807, 2.05) is 36.4 Å². The summed E-state index contributed by atoms with van der Waals surface area (Å²) < 4.78 is 0.803. The van der Waals surface area contributed by atoms with Gasteiger partial charge in [0, 0.05) is 82.2 Å². The predicted molar refractivity (Wildman–Crippen MR) is 230 cm³/mol. The molecule has 13 heteroatoms. The summed E-state index contributed by atoms with van der Waals surface area (Å²) in [6, 6.07) is 25.3. The highest BCUT2D eigenvalue weighted by Gasteiger charge is 2.39. The van der Waals surface area contributed by atoms with Crippen LogP contribution in [-0.4, -0.2) is 82.9 Å². The lowest BCUT2D eigenvalue weighted by Gasteiger charge is -2.36. The molecule has 4 aliphatic heterocycles. The number of piperidine rings is 3. The number of nitrogens with zero attached hydrogens (tertiary/aromatic N) is 3. The average molecular weight is 811 g/mol. The number of aromatic hydroxyl groups is 1. The first-order valence-corrected chi connectivity index (χ1v) is 21.6. The van der Waals surface area contributed by atoms with Gasteiger partial charge in [0.15, 0.2) is 5.78 Å². The third-order valence-corrected chi connectivity index (χ3v) is 14.2. The number of anilines is 2. The molecule has 5 aromatic rings. The van der Waals surface area contributed by atoms with Gasteiger partial charge in [-0.25, -0.2) is 0 Å². The second-order valence-corrected chi connectivity index (χ2v) is 17.6. The van der Waals surface area contributed by atoms with Gasteiger partial charge in [0.25, 0.3) is 5.91 Å². The molecule has 3 saturated heterocycles. The van der Waals surface area contributed by atoms with E-state index < -0.39 is 13.2 Å². The Bertz CT molecular complexity index is 2420. The zero-order valence-corrected chi connectivity index (χ0v) is 33.6. The number of rotatable bonds is 10. The Morgan fingerprint density at radius 1 is 0.763 bits per heavy atom. The van der Waals surface area contributed by atoms with Gasteiger partial charge in [0.2, 0.25) is 11.8 Å². The summed E-state index contributed by atoms with van der Waals surface area (Å²) in [5, 5.41) is 32.5. The van der Waals surface area contributed by atoms with E-state index in [0.717, 1.165) is 89.3 Å². The van der Waals surface area contributed by atoms with Crippen LogP contribution in [0.5, 0.6) is 5.75 Å². The molecule has 302 valence electrons. The van der Waals surface area contributed by atoms with Crippen molar-refractivity contribution < 1.29 is 34.3 Å². The van der Waals surface area contributed by atoms with Gasteiger partial charge in [-0.3, -0.25) is 24.5 Å². The number of carbonyl (C=O) groups is 4. The van der Waals surface area contributed by atoms with E-state index in [4.69, 9.17) is 0 Å². The number of hydrogen-bond donors (Lipinski definition) is 4. The summed E-state index contributed by atoms with van der Waals surface area (Å²) in [7, 11) is -1.58. The Labute approximate surface area is 347 Å². The Hall–Kier alpha value is -5.50. The number of imide groups is 1. The summed E-state index contributed by atoms with van der Waals surface area (Å²) in [6.07, 6.45) is 7.68. The van der Waals surface area contributed by atoms with Crippen molar-refractivity contribution in [3.63, 3.8) is 0 Å². The maximum Gasteiger partial charge on any atom is 0.488 e. The molecule has 1 aromatic heterocycles. The molecule has 1 atom stereocenters. The van der Waals surface area contributed by atoms with Crippen molar-refractivity contribution in [1.29, 1.82) is 0 Å². The smallest absolute Gasteiger partial charge is 0.488 e. The van der Waals surface area contributed by atoms with Crippen LogP contribution in [0, 0.1) is 11.8 Å². The van der Waals surface area contributed by atoms with Crippen LogP contribution in [0.1, 0.15) is 83.2 Å². The molecular weight excluding hydrogens is 763 g/mol. The van der Waals surface area contributed by atoms with Crippen molar-refractivity contribution in [2.45, 2.75) is 64.0 Å². The number of phenolic OH excluding ortho intramolecular Hbond substituents is 1. The number of amides is 3. The van der Waals surface area contributed by atoms with Crippen LogP contribution in [0.2, 0.25) is 0 Å². The molecule has 0 bridgehead atoms. The average Bonchev–Trinajstić information content (AvgIpc) is 3.79. The maximum atomic E-state index is 14.1. The molecule has 0 spiro atoms. The second-order valence-electron chi connectivity index (χ2n) is 16.5. The van der Waals surface area contributed by atoms with Crippen LogP contribution < -0.4 is 20.6 Å². The molecule has 1 unspecified atom stereocenters. The van der Waals surface area contributed by atoms with Crippen molar-refractivity contribution >= 4 is 68.9 Å². The molecule has 59 heavy (non-hydrogen) atoms. The van der Waals surface area contributed by atoms with Crippen molar-refractivity contribution in [1.82, 2.24) is 10.2 Å². The summed E-state index contributed by atoms with van der Waals surface area (Å²) >= 11 is 1.43. The fourth-order valence-corrected chi connectivity index (χ4v) is 10.7. The van der Waals surface area contributed by atoms with Gasteiger partial charge >= 0.3 is 7.12 Å². The minimum atomic E-state index is -1.58. The molecule has 3 amide bonds. The van der Waals surface area contributed by atoms with Gasteiger partial charge in [-0.2, -0.15) is 0 Å². The minimum Gasteiger partial charge on any atom is -0.508 e. The van der Waals surface area contributed by atoms with Crippen LogP contribution in [0.4, 0.5) is 11.4 Å². The molecule has 9 rings (SSSR count). The lowest BCUT2D eigenvalue weighted by atomic mass is 9.80. The summed E-state index contributed by atoms with van der Waals surface area (Å²) in [5.74, 6) is 0.642. The number of thiophene rings is 1. The molecule has 0 saturated carbocycles. The summed E-state index contributed by atoms with van der Waals surface area (Å²) in [6.45, 7) is 4.34. The lowest BCUT2D eigenvalue weighted by molar-refractivity contribution is -0.136.